The molecule has 0 saturated heterocycles. The molecule has 2 N–H and O–H groups in total. The molecule has 1 atom stereocenters. The maximum atomic E-state index is 5.82. The van der Waals surface area contributed by atoms with E-state index in [2.05, 4.69) is 43.6 Å². The Hall–Kier alpha value is -1.56. The number of aromatic nitrogens is 2. The first kappa shape index (κ1) is 18.8. The van der Waals surface area contributed by atoms with E-state index in [9.17, 15) is 0 Å². The van der Waals surface area contributed by atoms with Gasteiger partial charge in [0, 0.05) is 5.92 Å². The molecule has 24 heavy (non-hydrogen) atoms. The van der Waals surface area contributed by atoms with Crippen molar-refractivity contribution in [3.63, 3.8) is 0 Å². The second kappa shape index (κ2) is 7.55. The Morgan fingerprint density at radius 1 is 1.08 bits per heavy atom. The van der Waals surface area contributed by atoms with Gasteiger partial charge in [-0.2, -0.15) is 0 Å². The lowest BCUT2D eigenvalue weighted by molar-refractivity contribution is 0.207. The van der Waals surface area contributed by atoms with E-state index in [1.54, 1.807) is 0 Å². The molecule has 0 aliphatic heterocycles. The molecule has 1 unspecified atom stereocenters. The third-order valence-corrected chi connectivity index (χ3v) is 5.56. The van der Waals surface area contributed by atoms with Gasteiger partial charge in [-0.3, -0.25) is 0 Å². The van der Waals surface area contributed by atoms with E-state index < -0.39 is 0 Å². The van der Waals surface area contributed by atoms with Gasteiger partial charge in [0.15, 0.2) is 11.5 Å². The molecule has 3 heteroatoms. The normalized spacial score (nSPS) is 24.5. The van der Waals surface area contributed by atoms with Crippen LogP contribution in [0.5, 0.6) is 0 Å². The predicted molar refractivity (Wildman–Crippen MR) is 102 cm³/mol. The van der Waals surface area contributed by atoms with Crippen molar-refractivity contribution in [2.45, 2.75) is 85.0 Å². The van der Waals surface area contributed by atoms with Gasteiger partial charge in [0.25, 0.3) is 0 Å². The van der Waals surface area contributed by atoms with Crippen molar-refractivity contribution in [3.8, 4) is 12.3 Å². The largest absolute Gasteiger partial charge is 0.381 e. The Morgan fingerprint density at radius 2 is 1.79 bits per heavy atom. The summed E-state index contributed by atoms with van der Waals surface area (Å²) in [6, 6.07) is 0. The molecule has 1 aliphatic rings. The third-order valence-electron chi connectivity index (χ3n) is 5.56. The van der Waals surface area contributed by atoms with Crippen molar-refractivity contribution >= 4 is 5.82 Å². The highest BCUT2D eigenvalue weighted by Crippen LogP contribution is 2.42. The fourth-order valence-corrected chi connectivity index (χ4v) is 3.81. The Morgan fingerprint density at radius 3 is 2.50 bits per heavy atom. The second-order valence-electron chi connectivity index (χ2n) is 9.00. The minimum atomic E-state index is 0.297. The topological polar surface area (TPSA) is 51.8 Å². The molecule has 3 nitrogen and oxygen atoms in total. The van der Waals surface area contributed by atoms with Crippen molar-refractivity contribution in [2.75, 3.05) is 5.73 Å². The lowest BCUT2D eigenvalue weighted by atomic mass is 9.73. The van der Waals surface area contributed by atoms with Crippen molar-refractivity contribution < 1.29 is 0 Å². The van der Waals surface area contributed by atoms with Gasteiger partial charge >= 0.3 is 0 Å². The Kier molecular flexibility index (Phi) is 5.91. The summed E-state index contributed by atoms with van der Waals surface area (Å²) in [7, 11) is 0. The van der Waals surface area contributed by atoms with Crippen LogP contribution in [0.25, 0.3) is 0 Å². The van der Waals surface area contributed by atoms with Crippen molar-refractivity contribution in [2.24, 2.45) is 10.8 Å². The van der Waals surface area contributed by atoms with E-state index in [1.807, 2.05) is 6.20 Å². The fourth-order valence-electron chi connectivity index (χ4n) is 3.81. The number of hydrogen-bond donors (Lipinski definition) is 1. The summed E-state index contributed by atoms with van der Waals surface area (Å²) in [5.41, 5.74) is 8.07. The summed E-state index contributed by atoms with van der Waals surface area (Å²) >= 11 is 0. The smallest absolute Gasteiger partial charge is 0.158 e. The number of terminal acetylenes is 1. The molecule has 0 radical (unpaired) electrons. The van der Waals surface area contributed by atoms with Gasteiger partial charge in [0.05, 0.1) is 11.9 Å². The molecular formula is C21H33N3. The first-order chi connectivity index (χ1) is 11.2. The van der Waals surface area contributed by atoms with Gasteiger partial charge in [-0.1, -0.05) is 47.0 Å². The highest BCUT2D eigenvalue weighted by molar-refractivity contribution is 5.45. The van der Waals surface area contributed by atoms with E-state index in [1.165, 1.54) is 38.5 Å². The standard InChI is InChI=1S/C21H33N3/c1-6-17-19(22)23-15-18(24-17)16-10-8-7-9-11-20(2,3)12-13-21(4,5)14-16/h1,15-16H,7-14H2,2-5H3,(H2,22,23). The molecule has 1 heterocycles. The molecule has 0 amide bonds. The summed E-state index contributed by atoms with van der Waals surface area (Å²) in [5, 5.41) is 0. The van der Waals surface area contributed by atoms with Crippen LogP contribution in [-0.4, -0.2) is 9.97 Å². The molecule has 1 aromatic heterocycles. The number of nitrogens with zero attached hydrogens (tertiary/aromatic N) is 2. The van der Waals surface area contributed by atoms with Crippen LogP contribution in [-0.2, 0) is 0 Å². The van der Waals surface area contributed by atoms with Crippen LogP contribution < -0.4 is 5.73 Å². The lowest BCUT2D eigenvalue weighted by Crippen LogP contribution is -2.21. The number of hydrogen-bond acceptors (Lipinski definition) is 3. The highest BCUT2D eigenvalue weighted by atomic mass is 14.9. The molecule has 0 spiro atoms. The average Bonchev–Trinajstić information content (AvgIpc) is 2.54. The van der Waals surface area contributed by atoms with Crippen LogP contribution in [0, 0.1) is 23.2 Å². The summed E-state index contributed by atoms with van der Waals surface area (Å²) in [6.07, 6.45) is 17.4. The number of anilines is 1. The average molecular weight is 328 g/mol. The summed E-state index contributed by atoms with van der Waals surface area (Å²) < 4.78 is 0. The van der Waals surface area contributed by atoms with Crippen LogP contribution in [0.1, 0.15) is 96.4 Å². The van der Waals surface area contributed by atoms with Crippen LogP contribution in [0.2, 0.25) is 0 Å². The van der Waals surface area contributed by atoms with E-state index in [4.69, 9.17) is 12.2 Å². The molecule has 2 rings (SSSR count). The second-order valence-corrected chi connectivity index (χ2v) is 9.00. The molecule has 1 aromatic rings. The van der Waals surface area contributed by atoms with Gasteiger partial charge < -0.3 is 5.73 Å². The van der Waals surface area contributed by atoms with Crippen molar-refractivity contribution in [3.05, 3.63) is 17.6 Å². The van der Waals surface area contributed by atoms with Crippen molar-refractivity contribution in [1.82, 2.24) is 9.97 Å². The molecule has 0 bridgehead atoms. The van der Waals surface area contributed by atoms with Crippen LogP contribution >= 0.6 is 0 Å². The molecular weight excluding hydrogens is 294 g/mol. The predicted octanol–water partition coefficient (Wildman–Crippen LogP) is 5.31. The van der Waals surface area contributed by atoms with Crippen LogP contribution in [0.15, 0.2) is 6.20 Å². The van der Waals surface area contributed by atoms with Gasteiger partial charge in [-0.05, 0) is 48.9 Å². The zero-order chi connectivity index (χ0) is 17.8. The first-order valence-corrected chi connectivity index (χ1v) is 9.31. The molecule has 1 saturated carbocycles. The summed E-state index contributed by atoms with van der Waals surface area (Å²) in [5.74, 6) is 3.35. The zero-order valence-electron chi connectivity index (χ0n) is 15.9. The highest BCUT2D eigenvalue weighted by Gasteiger charge is 2.29. The maximum absolute atomic E-state index is 5.82. The number of nitrogen functional groups attached to an aromatic ring is 1. The first-order valence-electron chi connectivity index (χ1n) is 9.31. The van der Waals surface area contributed by atoms with Gasteiger partial charge in [0.1, 0.15) is 0 Å². The minimum Gasteiger partial charge on any atom is -0.381 e. The monoisotopic (exact) mass is 327 g/mol. The molecule has 1 fully saturated rings. The molecule has 1 aliphatic carbocycles. The van der Waals surface area contributed by atoms with Crippen LogP contribution in [0.4, 0.5) is 5.82 Å². The lowest BCUT2D eigenvalue weighted by Gasteiger charge is -2.33. The van der Waals surface area contributed by atoms with E-state index in [0.717, 1.165) is 18.5 Å². The van der Waals surface area contributed by atoms with E-state index >= 15 is 0 Å². The number of rotatable bonds is 1. The van der Waals surface area contributed by atoms with Gasteiger partial charge in [0.2, 0.25) is 0 Å². The van der Waals surface area contributed by atoms with Gasteiger partial charge in [-0.15, -0.1) is 6.42 Å². The Bertz CT molecular complexity index is 596. The quantitative estimate of drug-likeness (QED) is 0.711. The summed E-state index contributed by atoms with van der Waals surface area (Å²) in [6.45, 7) is 9.62. The summed E-state index contributed by atoms with van der Waals surface area (Å²) in [4.78, 5) is 8.92. The number of nitrogens with two attached hydrogens (primary N) is 1. The molecule has 132 valence electrons. The van der Waals surface area contributed by atoms with Gasteiger partial charge in [-0.25, -0.2) is 9.97 Å². The maximum Gasteiger partial charge on any atom is 0.158 e. The Balaban J connectivity index is 2.23. The van der Waals surface area contributed by atoms with E-state index in [0.29, 0.717) is 28.3 Å². The fraction of sp³-hybridized carbons (Fsp3) is 0.714. The Labute approximate surface area is 147 Å². The van der Waals surface area contributed by atoms with Crippen LogP contribution in [0.3, 0.4) is 0 Å². The minimum absolute atomic E-state index is 0.297. The zero-order valence-corrected chi connectivity index (χ0v) is 15.9. The van der Waals surface area contributed by atoms with E-state index in [-0.39, 0.29) is 0 Å². The SMILES string of the molecule is C#Cc1nc(C2CCCCCC(C)(C)CCC(C)(C)C2)cnc1N. The third kappa shape index (κ3) is 5.23. The van der Waals surface area contributed by atoms with Crippen molar-refractivity contribution in [1.29, 1.82) is 0 Å². The molecule has 0 aromatic carbocycles.